The Morgan fingerprint density at radius 2 is 2.05 bits per heavy atom. The van der Waals surface area contributed by atoms with E-state index in [1.807, 2.05) is 12.1 Å². The average Bonchev–Trinajstić information content (AvgIpc) is 3.03. The molecule has 7 heteroatoms. The van der Waals surface area contributed by atoms with Crippen molar-refractivity contribution in [1.82, 2.24) is 4.98 Å². The molecule has 21 heavy (non-hydrogen) atoms. The summed E-state index contributed by atoms with van der Waals surface area (Å²) in [4.78, 5) is 15.6. The monoisotopic (exact) mass is 304 g/mol. The number of ether oxygens (including phenoxy) is 2. The summed E-state index contributed by atoms with van der Waals surface area (Å²) in [6.45, 7) is 1.01. The molecule has 0 spiro atoms. The summed E-state index contributed by atoms with van der Waals surface area (Å²) >= 11 is 1.26. The summed E-state index contributed by atoms with van der Waals surface area (Å²) in [6, 6.07) is 10.4. The standard InChI is InChI=1S/C14H12N2O4S/c17-16(18)11-9-10(14-19-7-8-20-14)4-5-12(11)21-13-3-1-2-6-15-13/h1-6,9,14H,7-8H2. The summed E-state index contributed by atoms with van der Waals surface area (Å²) in [5, 5.41) is 12.0. The SMILES string of the molecule is O=[N+]([O-])c1cc(C2OCCO2)ccc1Sc1ccccn1. The lowest BCUT2D eigenvalue weighted by Gasteiger charge is -2.10. The Balaban J connectivity index is 1.91. The van der Waals surface area contributed by atoms with Gasteiger partial charge >= 0.3 is 0 Å². The van der Waals surface area contributed by atoms with Crippen molar-refractivity contribution in [2.45, 2.75) is 16.2 Å². The molecule has 0 saturated carbocycles. The fourth-order valence-corrected chi connectivity index (χ4v) is 2.84. The number of pyridine rings is 1. The second-order valence-electron chi connectivity index (χ2n) is 4.33. The highest BCUT2D eigenvalue weighted by Crippen LogP contribution is 2.36. The summed E-state index contributed by atoms with van der Waals surface area (Å²) in [7, 11) is 0. The summed E-state index contributed by atoms with van der Waals surface area (Å²) in [6.07, 6.45) is 1.14. The zero-order chi connectivity index (χ0) is 14.7. The first-order chi connectivity index (χ1) is 10.2. The molecule has 0 unspecified atom stereocenters. The lowest BCUT2D eigenvalue weighted by atomic mass is 10.2. The number of hydrogen-bond donors (Lipinski definition) is 0. The molecule has 3 rings (SSSR count). The largest absolute Gasteiger partial charge is 0.346 e. The van der Waals surface area contributed by atoms with Crippen molar-refractivity contribution >= 4 is 17.4 Å². The van der Waals surface area contributed by atoms with Crippen LogP contribution in [-0.4, -0.2) is 23.1 Å². The van der Waals surface area contributed by atoms with Crippen molar-refractivity contribution in [3.63, 3.8) is 0 Å². The second kappa shape index (κ2) is 6.21. The van der Waals surface area contributed by atoms with Crippen molar-refractivity contribution in [2.24, 2.45) is 0 Å². The quantitative estimate of drug-likeness (QED) is 0.638. The molecule has 0 amide bonds. The predicted octanol–water partition coefficient (Wildman–Crippen LogP) is 3.19. The molecule has 0 atom stereocenters. The van der Waals surface area contributed by atoms with Crippen LogP contribution < -0.4 is 0 Å². The van der Waals surface area contributed by atoms with Crippen molar-refractivity contribution in [1.29, 1.82) is 0 Å². The van der Waals surface area contributed by atoms with Crippen molar-refractivity contribution in [3.05, 3.63) is 58.3 Å². The van der Waals surface area contributed by atoms with Gasteiger partial charge in [-0.1, -0.05) is 23.9 Å². The molecule has 1 aromatic heterocycles. The van der Waals surface area contributed by atoms with Gasteiger partial charge in [0.15, 0.2) is 6.29 Å². The molecule has 0 radical (unpaired) electrons. The molecular formula is C14H12N2O4S. The smallest absolute Gasteiger partial charge is 0.283 e. The third-order valence-electron chi connectivity index (χ3n) is 2.93. The van der Waals surface area contributed by atoms with Crippen LogP contribution in [0.4, 0.5) is 5.69 Å². The number of nitro benzene ring substituents is 1. The van der Waals surface area contributed by atoms with E-state index in [1.165, 1.54) is 17.8 Å². The van der Waals surface area contributed by atoms with Gasteiger partial charge in [-0.15, -0.1) is 0 Å². The van der Waals surface area contributed by atoms with Gasteiger partial charge in [-0.25, -0.2) is 4.98 Å². The third-order valence-corrected chi connectivity index (χ3v) is 3.94. The predicted molar refractivity (Wildman–Crippen MR) is 76.1 cm³/mol. The minimum absolute atomic E-state index is 0.0299. The molecule has 6 nitrogen and oxygen atoms in total. The van der Waals surface area contributed by atoms with Gasteiger partial charge in [0.1, 0.15) is 5.03 Å². The molecule has 0 aliphatic carbocycles. The summed E-state index contributed by atoms with van der Waals surface area (Å²) in [5.74, 6) is 0. The van der Waals surface area contributed by atoms with Gasteiger partial charge in [-0.3, -0.25) is 10.1 Å². The lowest BCUT2D eigenvalue weighted by molar-refractivity contribution is -0.387. The molecule has 1 saturated heterocycles. The van der Waals surface area contributed by atoms with Crippen LogP contribution in [0.2, 0.25) is 0 Å². The van der Waals surface area contributed by atoms with E-state index < -0.39 is 11.2 Å². The van der Waals surface area contributed by atoms with Crippen LogP contribution in [0.15, 0.2) is 52.5 Å². The molecule has 108 valence electrons. The summed E-state index contributed by atoms with van der Waals surface area (Å²) < 4.78 is 10.7. The van der Waals surface area contributed by atoms with Gasteiger partial charge in [0.05, 0.1) is 23.0 Å². The highest BCUT2D eigenvalue weighted by Gasteiger charge is 2.23. The zero-order valence-corrected chi connectivity index (χ0v) is 11.8. The number of aromatic nitrogens is 1. The van der Waals surface area contributed by atoms with E-state index in [0.29, 0.717) is 28.7 Å². The molecule has 0 N–H and O–H groups in total. The maximum absolute atomic E-state index is 11.3. The highest BCUT2D eigenvalue weighted by molar-refractivity contribution is 7.99. The fourth-order valence-electron chi connectivity index (χ4n) is 1.98. The average molecular weight is 304 g/mol. The Morgan fingerprint density at radius 3 is 2.71 bits per heavy atom. The first kappa shape index (κ1) is 14.0. The maximum atomic E-state index is 11.3. The van der Waals surface area contributed by atoms with Crippen LogP contribution >= 0.6 is 11.8 Å². The van der Waals surface area contributed by atoms with Crippen LogP contribution in [0, 0.1) is 10.1 Å². The van der Waals surface area contributed by atoms with E-state index in [1.54, 1.807) is 24.4 Å². The normalized spacial score (nSPS) is 15.2. The zero-order valence-electron chi connectivity index (χ0n) is 11.0. The van der Waals surface area contributed by atoms with Crippen molar-refractivity contribution in [2.75, 3.05) is 13.2 Å². The first-order valence-corrected chi connectivity index (χ1v) is 7.16. The van der Waals surface area contributed by atoms with E-state index in [-0.39, 0.29) is 5.69 Å². The van der Waals surface area contributed by atoms with Gasteiger partial charge in [0.2, 0.25) is 0 Å². The minimum Gasteiger partial charge on any atom is -0.346 e. The molecule has 2 aromatic rings. The highest BCUT2D eigenvalue weighted by atomic mass is 32.2. The summed E-state index contributed by atoms with van der Waals surface area (Å²) in [5.41, 5.74) is 0.687. The molecular weight excluding hydrogens is 292 g/mol. The number of nitro groups is 1. The van der Waals surface area contributed by atoms with Gasteiger partial charge in [0, 0.05) is 17.8 Å². The second-order valence-corrected chi connectivity index (χ2v) is 5.39. The Bertz CT molecular complexity index is 645. The molecule has 1 aliphatic heterocycles. The fraction of sp³-hybridized carbons (Fsp3) is 0.214. The van der Waals surface area contributed by atoms with Gasteiger partial charge in [-0.05, 0) is 18.2 Å². The third kappa shape index (κ3) is 3.21. The molecule has 2 heterocycles. The van der Waals surface area contributed by atoms with Crippen LogP contribution in [0.1, 0.15) is 11.9 Å². The first-order valence-electron chi connectivity index (χ1n) is 6.34. The van der Waals surface area contributed by atoms with E-state index >= 15 is 0 Å². The molecule has 1 fully saturated rings. The van der Waals surface area contributed by atoms with Crippen LogP contribution in [0.5, 0.6) is 0 Å². The Kier molecular flexibility index (Phi) is 4.14. The number of benzene rings is 1. The van der Waals surface area contributed by atoms with Crippen LogP contribution in [0.3, 0.4) is 0 Å². The minimum atomic E-state index is -0.516. The van der Waals surface area contributed by atoms with Crippen molar-refractivity contribution in [3.8, 4) is 0 Å². The molecule has 1 aliphatic rings. The van der Waals surface area contributed by atoms with Gasteiger partial charge in [-0.2, -0.15) is 0 Å². The Labute approximate surface area is 125 Å². The number of nitrogens with zero attached hydrogens (tertiary/aromatic N) is 2. The molecule has 1 aromatic carbocycles. The van der Waals surface area contributed by atoms with E-state index in [4.69, 9.17) is 9.47 Å². The van der Waals surface area contributed by atoms with E-state index in [0.717, 1.165) is 0 Å². The van der Waals surface area contributed by atoms with E-state index in [9.17, 15) is 10.1 Å². The lowest BCUT2D eigenvalue weighted by Crippen LogP contribution is -2.00. The Morgan fingerprint density at radius 1 is 1.24 bits per heavy atom. The van der Waals surface area contributed by atoms with Crippen LogP contribution in [-0.2, 0) is 9.47 Å². The van der Waals surface area contributed by atoms with E-state index in [2.05, 4.69) is 4.98 Å². The van der Waals surface area contributed by atoms with Gasteiger partial charge < -0.3 is 9.47 Å². The van der Waals surface area contributed by atoms with Gasteiger partial charge in [0.25, 0.3) is 5.69 Å². The van der Waals surface area contributed by atoms with Crippen LogP contribution in [0.25, 0.3) is 0 Å². The Hall–Kier alpha value is -1.96. The number of rotatable bonds is 4. The maximum Gasteiger partial charge on any atom is 0.283 e. The van der Waals surface area contributed by atoms with Crippen molar-refractivity contribution < 1.29 is 14.4 Å². The topological polar surface area (TPSA) is 74.5 Å². The number of hydrogen-bond acceptors (Lipinski definition) is 6. The molecule has 0 bridgehead atoms.